The zero-order valence-corrected chi connectivity index (χ0v) is 18.0. The molecule has 7 nitrogen and oxygen atoms in total. The van der Waals surface area contributed by atoms with Crippen LogP contribution in [-0.4, -0.2) is 64.6 Å². The molecule has 1 aromatic rings. The van der Waals surface area contributed by atoms with E-state index >= 15 is 0 Å². The van der Waals surface area contributed by atoms with E-state index in [1.807, 2.05) is 30.3 Å². The summed E-state index contributed by atoms with van der Waals surface area (Å²) in [5.74, 6) is 0.0514. The third-order valence-corrected chi connectivity index (χ3v) is 5.04. The maximum atomic E-state index is 11.6. The Kier molecular flexibility index (Phi) is 10.0. The molecule has 5 atom stereocenters. The van der Waals surface area contributed by atoms with E-state index < -0.39 is 24.5 Å². The predicted molar refractivity (Wildman–Crippen MR) is 107 cm³/mol. The van der Waals surface area contributed by atoms with Crippen LogP contribution in [0.1, 0.15) is 32.3 Å². The summed E-state index contributed by atoms with van der Waals surface area (Å²) in [7, 11) is 4.59. The van der Waals surface area contributed by atoms with Gasteiger partial charge in [0.05, 0.1) is 19.8 Å². The third kappa shape index (κ3) is 7.04. The van der Waals surface area contributed by atoms with Crippen molar-refractivity contribution in [1.29, 1.82) is 0 Å². The third-order valence-electron chi connectivity index (χ3n) is 5.04. The van der Waals surface area contributed by atoms with E-state index in [0.717, 1.165) is 18.4 Å². The van der Waals surface area contributed by atoms with Crippen molar-refractivity contribution >= 4 is 5.97 Å². The number of hydrogen-bond donors (Lipinski definition) is 0. The summed E-state index contributed by atoms with van der Waals surface area (Å²) in [5, 5.41) is 0. The van der Waals surface area contributed by atoms with Crippen molar-refractivity contribution in [2.75, 3.05) is 27.9 Å². The second kappa shape index (κ2) is 12.2. The molecule has 0 saturated carbocycles. The minimum absolute atomic E-state index is 0.225. The summed E-state index contributed by atoms with van der Waals surface area (Å²) in [6, 6.07) is 9.82. The highest BCUT2D eigenvalue weighted by Gasteiger charge is 2.48. The first-order valence-electron chi connectivity index (χ1n) is 10.0. The normalized spacial score (nSPS) is 27.2. The Hall–Kier alpha value is -1.51. The summed E-state index contributed by atoms with van der Waals surface area (Å²) in [4.78, 5) is 11.6. The Morgan fingerprint density at radius 2 is 1.69 bits per heavy atom. The highest BCUT2D eigenvalue weighted by atomic mass is 16.7. The van der Waals surface area contributed by atoms with E-state index in [1.54, 1.807) is 14.2 Å². The number of rotatable bonds is 11. The van der Waals surface area contributed by atoms with Gasteiger partial charge < -0.3 is 28.4 Å². The van der Waals surface area contributed by atoms with E-state index in [4.69, 9.17) is 28.4 Å². The number of methoxy groups -OCH3 is 3. The van der Waals surface area contributed by atoms with Crippen LogP contribution in [0.5, 0.6) is 0 Å². The van der Waals surface area contributed by atoms with Gasteiger partial charge in [0.25, 0.3) is 0 Å². The van der Waals surface area contributed by atoms with Gasteiger partial charge in [-0.15, -0.1) is 0 Å². The van der Waals surface area contributed by atoms with Gasteiger partial charge in [0.15, 0.2) is 6.29 Å². The van der Waals surface area contributed by atoms with Crippen molar-refractivity contribution < 1.29 is 33.2 Å². The van der Waals surface area contributed by atoms with Crippen LogP contribution in [0.25, 0.3) is 0 Å². The van der Waals surface area contributed by atoms with Crippen molar-refractivity contribution in [3.8, 4) is 0 Å². The Morgan fingerprint density at radius 3 is 2.28 bits per heavy atom. The van der Waals surface area contributed by atoms with Gasteiger partial charge in [-0.3, -0.25) is 0 Å². The zero-order chi connectivity index (χ0) is 21.2. The van der Waals surface area contributed by atoms with Crippen LogP contribution in [0.2, 0.25) is 0 Å². The molecule has 1 aromatic carbocycles. The molecule has 0 spiro atoms. The fourth-order valence-corrected chi connectivity index (χ4v) is 3.45. The highest BCUT2D eigenvalue weighted by Crippen LogP contribution is 2.31. The van der Waals surface area contributed by atoms with Gasteiger partial charge >= 0.3 is 5.97 Å². The van der Waals surface area contributed by atoms with Crippen LogP contribution in [0.15, 0.2) is 30.3 Å². The Morgan fingerprint density at radius 1 is 1.00 bits per heavy atom. The van der Waals surface area contributed by atoms with Crippen LogP contribution < -0.4 is 0 Å². The molecule has 1 aliphatic rings. The van der Waals surface area contributed by atoms with Crippen LogP contribution >= 0.6 is 0 Å². The van der Waals surface area contributed by atoms with Gasteiger partial charge in [0.2, 0.25) is 0 Å². The van der Waals surface area contributed by atoms with Crippen LogP contribution in [-0.2, 0) is 39.8 Å². The maximum Gasteiger partial charge on any atom is 0.331 e. The number of benzene rings is 1. The maximum absolute atomic E-state index is 11.6. The van der Waals surface area contributed by atoms with Crippen molar-refractivity contribution in [2.24, 2.45) is 5.92 Å². The molecule has 1 aliphatic heterocycles. The molecule has 2 rings (SSSR count). The van der Waals surface area contributed by atoms with E-state index in [-0.39, 0.29) is 18.8 Å². The van der Waals surface area contributed by atoms with E-state index in [2.05, 4.69) is 13.8 Å². The lowest BCUT2D eigenvalue weighted by Crippen LogP contribution is -2.60. The lowest BCUT2D eigenvalue weighted by molar-refractivity contribution is -0.314. The summed E-state index contributed by atoms with van der Waals surface area (Å²) < 4.78 is 34.3. The summed E-state index contributed by atoms with van der Waals surface area (Å²) in [6.07, 6.45) is -0.516. The van der Waals surface area contributed by atoms with Crippen LogP contribution in [0.4, 0.5) is 0 Å². The lowest BCUT2D eigenvalue weighted by atomic mass is 9.93. The number of esters is 1. The molecule has 1 saturated heterocycles. The Labute approximate surface area is 173 Å². The second-order valence-corrected chi connectivity index (χ2v) is 7.56. The smallest absolute Gasteiger partial charge is 0.331 e. The number of carbonyl (C=O) groups is 1. The molecule has 1 fully saturated rings. The average molecular weight is 411 g/mol. The zero-order valence-electron chi connectivity index (χ0n) is 18.0. The molecule has 0 amide bonds. The molecule has 0 radical (unpaired) electrons. The molecular weight excluding hydrogens is 376 g/mol. The van der Waals surface area contributed by atoms with Gasteiger partial charge in [0, 0.05) is 14.2 Å². The standard InChI is InChI=1S/C22H34O7/c1-15(2)11-12-17-19(25-4)20(26-5)21(22(29-17)28-14-18(23)24-3)27-13-16-9-7-6-8-10-16/h6-10,15,17,19-22H,11-14H2,1-5H3/t17-,19-,20+,21+,22+/m1/s1. The highest BCUT2D eigenvalue weighted by molar-refractivity contribution is 5.70. The molecular formula is C22H34O7. The topological polar surface area (TPSA) is 72.5 Å². The summed E-state index contributed by atoms with van der Waals surface area (Å²) in [6.45, 7) is 4.46. The van der Waals surface area contributed by atoms with E-state index in [9.17, 15) is 4.79 Å². The average Bonchev–Trinajstić information content (AvgIpc) is 2.74. The number of hydrogen-bond acceptors (Lipinski definition) is 7. The van der Waals surface area contributed by atoms with Gasteiger partial charge in [-0.2, -0.15) is 0 Å². The fourth-order valence-electron chi connectivity index (χ4n) is 3.45. The van der Waals surface area contributed by atoms with Crippen LogP contribution in [0.3, 0.4) is 0 Å². The Balaban J connectivity index is 2.17. The van der Waals surface area contributed by atoms with Gasteiger partial charge in [-0.25, -0.2) is 4.79 Å². The fraction of sp³-hybridized carbons (Fsp3) is 0.682. The quantitative estimate of drug-likeness (QED) is 0.519. The van der Waals surface area contributed by atoms with Crippen molar-refractivity contribution in [3.05, 3.63) is 35.9 Å². The molecule has 7 heteroatoms. The first kappa shape index (κ1) is 23.8. The Bertz CT molecular complexity index is 592. The van der Waals surface area contributed by atoms with E-state index in [0.29, 0.717) is 12.5 Å². The SMILES string of the molecule is COC(=O)CO[C@H]1O[C@H](CCC(C)C)[C@@H](OC)[C@H](OC)[C@@H]1OCc1ccccc1. The molecule has 164 valence electrons. The minimum atomic E-state index is -0.772. The second-order valence-electron chi connectivity index (χ2n) is 7.56. The summed E-state index contributed by atoms with van der Waals surface area (Å²) in [5.41, 5.74) is 1.02. The molecule has 0 bridgehead atoms. The predicted octanol–water partition coefficient (Wildman–Crippen LogP) is 2.95. The molecule has 0 unspecified atom stereocenters. The largest absolute Gasteiger partial charge is 0.467 e. The summed E-state index contributed by atoms with van der Waals surface area (Å²) >= 11 is 0. The van der Waals surface area contributed by atoms with Crippen LogP contribution in [0, 0.1) is 5.92 Å². The van der Waals surface area contributed by atoms with Crippen molar-refractivity contribution in [1.82, 2.24) is 0 Å². The molecule has 0 aliphatic carbocycles. The molecule has 0 N–H and O–H groups in total. The van der Waals surface area contributed by atoms with Gasteiger partial charge in [0.1, 0.15) is 24.9 Å². The molecule has 0 aromatic heterocycles. The minimum Gasteiger partial charge on any atom is -0.467 e. The lowest BCUT2D eigenvalue weighted by Gasteiger charge is -2.45. The van der Waals surface area contributed by atoms with Gasteiger partial charge in [-0.05, 0) is 24.3 Å². The first-order chi connectivity index (χ1) is 14.0. The van der Waals surface area contributed by atoms with Gasteiger partial charge in [-0.1, -0.05) is 44.2 Å². The van der Waals surface area contributed by atoms with E-state index in [1.165, 1.54) is 7.11 Å². The number of ether oxygens (including phenoxy) is 6. The molecule has 1 heterocycles. The molecule has 29 heavy (non-hydrogen) atoms. The van der Waals surface area contributed by atoms with Crippen molar-refractivity contribution in [3.63, 3.8) is 0 Å². The monoisotopic (exact) mass is 410 g/mol. The first-order valence-corrected chi connectivity index (χ1v) is 10.0. The van der Waals surface area contributed by atoms with Crippen molar-refractivity contribution in [2.45, 2.75) is 64.0 Å². The number of carbonyl (C=O) groups excluding carboxylic acids is 1.